The maximum atomic E-state index is 13.6. The molecule has 2 atom stereocenters. The number of carbonyl (C=O) groups excluding carboxylic acids is 2. The number of ether oxygens (including phenoxy) is 1. The van der Waals surface area contributed by atoms with Gasteiger partial charge in [-0.25, -0.2) is 4.79 Å². The molecule has 6 rings (SSSR count). The van der Waals surface area contributed by atoms with E-state index in [1.807, 2.05) is 78.2 Å². The minimum atomic E-state index is -3.77. The Bertz CT molecular complexity index is 2150. The van der Waals surface area contributed by atoms with E-state index in [0.717, 1.165) is 11.1 Å². The van der Waals surface area contributed by atoms with Gasteiger partial charge in [0.25, 0.3) is 0 Å². The summed E-state index contributed by atoms with van der Waals surface area (Å²) in [5.74, 6) is -0.688. The van der Waals surface area contributed by atoms with Crippen LogP contribution in [0.25, 0.3) is 0 Å². The van der Waals surface area contributed by atoms with Gasteiger partial charge < -0.3 is 20.3 Å². The molecule has 0 bridgehead atoms. The second-order valence-corrected chi connectivity index (χ2v) is 19.0. The van der Waals surface area contributed by atoms with Crippen LogP contribution in [-0.2, 0) is 38.2 Å². The smallest absolute Gasteiger partial charge is 0.339 e. The average molecular weight is 864 g/mol. The molecule has 2 saturated heterocycles. The van der Waals surface area contributed by atoms with Crippen LogP contribution < -0.4 is 14.3 Å². The highest BCUT2D eigenvalue weighted by atomic mass is 32.2. The predicted octanol–water partition coefficient (Wildman–Crippen LogP) is 3.48. The summed E-state index contributed by atoms with van der Waals surface area (Å²) in [6, 6.07) is 21.6. The Hall–Kier alpha value is -4.82. The van der Waals surface area contributed by atoms with Gasteiger partial charge in [-0.05, 0) is 101 Å². The predicted molar refractivity (Wildman–Crippen MR) is 233 cm³/mol. The van der Waals surface area contributed by atoms with Gasteiger partial charge in [0.1, 0.15) is 0 Å². The zero-order valence-corrected chi connectivity index (χ0v) is 37.1. The molecule has 2 aromatic heterocycles. The minimum Gasteiger partial charge on any atom is -0.465 e. The number of anilines is 2. The maximum Gasteiger partial charge on any atom is 0.339 e. The average Bonchev–Trinajstić information content (AvgIpc) is 3.23. The first kappa shape index (κ1) is 46.2. The molecule has 0 saturated carbocycles. The molecule has 2 aliphatic rings. The molecule has 0 amide bonds. The fourth-order valence-corrected chi connectivity index (χ4v) is 10.1. The fourth-order valence-electron chi connectivity index (χ4n) is 6.76. The van der Waals surface area contributed by atoms with Gasteiger partial charge in [-0.3, -0.25) is 23.4 Å². The number of pyridine rings is 2. The van der Waals surface area contributed by atoms with Gasteiger partial charge in [-0.2, -0.15) is 25.4 Å². The van der Waals surface area contributed by atoms with Crippen molar-refractivity contribution in [1.82, 2.24) is 28.4 Å². The lowest BCUT2D eigenvalue weighted by Crippen LogP contribution is -2.55. The molecule has 2 aliphatic heterocycles. The van der Waals surface area contributed by atoms with Crippen molar-refractivity contribution in [2.45, 2.75) is 52.9 Å². The molecule has 0 spiro atoms. The van der Waals surface area contributed by atoms with Crippen molar-refractivity contribution in [3.8, 4) is 0 Å². The number of nitrogens with two attached hydrogens (primary N) is 1. The second kappa shape index (κ2) is 20.2. The van der Waals surface area contributed by atoms with Gasteiger partial charge in [0.15, 0.2) is 5.78 Å². The van der Waals surface area contributed by atoms with Gasteiger partial charge in [0, 0.05) is 69.3 Å². The number of hydrogen-bond acceptors (Lipinski definition) is 12. The van der Waals surface area contributed by atoms with E-state index in [9.17, 15) is 26.4 Å². The van der Waals surface area contributed by atoms with Gasteiger partial charge in [0.05, 0.1) is 55.1 Å². The number of piperazine rings is 2. The third-order valence-corrected chi connectivity index (χ3v) is 14.6. The van der Waals surface area contributed by atoms with E-state index in [4.69, 9.17) is 10.5 Å². The Morgan fingerprint density at radius 3 is 1.48 bits per heavy atom. The molecule has 0 aliphatic carbocycles. The van der Waals surface area contributed by atoms with Crippen molar-refractivity contribution in [2.24, 2.45) is 5.73 Å². The summed E-state index contributed by atoms with van der Waals surface area (Å²) in [5, 5.41) is 0. The number of hydrogen-bond donors (Lipinski definition) is 1. The van der Waals surface area contributed by atoms with Crippen molar-refractivity contribution in [3.63, 3.8) is 0 Å². The van der Waals surface area contributed by atoms with Crippen molar-refractivity contribution in [2.75, 3.05) is 75.6 Å². The second-order valence-electron chi connectivity index (χ2n) is 15.3. The number of esters is 1. The third kappa shape index (κ3) is 11.3. The molecule has 4 aromatic rings. The van der Waals surface area contributed by atoms with Gasteiger partial charge in [-0.15, -0.1) is 0 Å². The number of aryl methyl sites for hydroxylation is 2. The van der Waals surface area contributed by atoms with Gasteiger partial charge in [-0.1, -0.05) is 24.3 Å². The van der Waals surface area contributed by atoms with E-state index in [1.165, 1.54) is 36.7 Å². The van der Waals surface area contributed by atoms with E-state index in [-0.39, 0.29) is 37.5 Å². The number of nitrogens with zero attached hydrogens (tertiary/aromatic N) is 8. The summed E-state index contributed by atoms with van der Waals surface area (Å²) in [7, 11) is -2.23. The van der Waals surface area contributed by atoms with Gasteiger partial charge in [0.2, 0.25) is 0 Å². The number of ketones is 1. The van der Waals surface area contributed by atoms with E-state index >= 15 is 0 Å². The third-order valence-electron chi connectivity index (χ3n) is 10.8. The first-order valence-electron chi connectivity index (χ1n) is 19.8. The first-order chi connectivity index (χ1) is 28.4. The van der Waals surface area contributed by atoms with Crippen LogP contribution in [0.3, 0.4) is 0 Å². The highest BCUT2D eigenvalue weighted by Gasteiger charge is 2.36. The Morgan fingerprint density at radius 1 is 0.700 bits per heavy atom. The van der Waals surface area contributed by atoms with Crippen LogP contribution in [0.2, 0.25) is 0 Å². The largest absolute Gasteiger partial charge is 0.465 e. The molecular weight excluding hydrogens is 807 g/mol. The monoisotopic (exact) mass is 863 g/mol. The lowest BCUT2D eigenvalue weighted by molar-refractivity contribution is 0.0600. The number of benzene rings is 2. The number of Topliss-reactive ketones (excluding diaryl/α,β-unsaturated/α-hetero) is 1. The number of likely N-dealkylation sites (N-methyl/N-ethyl adjacent to an activating group) is 2. The molecule has 0 unspecified atom stereocenters. The molecule has 2 N–H and O–H groups in total. The molecule has 0 radical (unpaired) electrons. The van der Waals surface area contributed by atoms with Crippen LogP contribution in [0.15, 0.2) is 85.2 Å². The molecule has 4 heterocycles. The summed E-state index contributed by atoms with van der Waals surface area (Å²) >= 11 is 0. The molecule has 324 valence electrons. The van der Waals surface area contributed by atoms with Crippen molar-refractivity contribution >= 4 is 43.5 Å². The summed E-state index contributed by atoms with van der Waals surface area (Å²) in [5.41, 5.74) is 10.3. The fraction of sp³-hybridized carbons (Fsp3) is 0.429. The Balaban J connectivity index is 0.000000228. The Labute approximate surface area is 354 Å². The number of carbonyl (C=O) groups is 2. The zero-order valence-electron chi connectivity index (χ0n) is 35.4. The van der Waals surface area contributed by atoms with Crippen LogP contribution in [-0.4, -0.2) is 136 Å². The summed E-state index contributed by atoms with van der Waals surface area (Å²) in [4.78, 5) is 36.3. The van der Waals surface area contributed by atoms with Crippen molar-refractivity contribution in [1.29, 1.82) is 0 Å². The highest BCUT2D eigenvalue weighted by molar-refractivity contribution is 7.90. The van der Waals surface area contributed by atoms with E-state index < -0.39 is 26.4 Å². The quantitative estimate of drug-likeness (QED) is 0.153. The van der Waals surface area contributed by atoms with Crippen LogP contribution in [0.5, 0.6) is 0 Å². The lowest BCUT2D eigenvalue weighted by atomic mass is 10.2. The molecule has 18 heteroatoms. The van der Waals surface area contributed by atoms with Crippen LogP contribution in [0.4, 0.5) is 11.4 Å². The summed E-state index contributed by atoms with van der Waals surface area (Å²) < 4.78 is 65.0. The molecule has 16 nitrogen and oxygen atoms in total. The minimum absolute atomic E-state index is 0.0635. The van der Waals surface area contributed by atoms with Crippen molar-refractivity contribution < 1.29 is 31.2 Å². The topological polar surface area (TPSA) is 183 Å². The van der Waals surface area contributed by atoms with Crippen LogP contribution in [0, 0.1) is 13.8 Å². The maximum absolute atomic E-state index is 13.6. The summed E-state index contributed by atoms with van der Waals surface area (Å²) in [6.07, 6.45) is 2.85. The van der Waals surface area contributed by atoms with Crippen LogP contribution in [0.1, 0.15) is 57.1 Å². The van der Waals surface area contributed by atoms with Gasteiger partial charge >= 0.3 is 26.4 Å². The first-order valence-corrected chi connectivity index (χ1v) is 22.5. The standard InChI is InChI=1S/C21H29N5O3S.C21H28N4O4S/c1-16-5-4-6-20(11-16)26(15-19-8-7-18(13-23-19)21(27)12-22)30(28,29)25-10-9-24(3)17(2)14-25;1-16-6-5-7-20(12-16)25(15-19-9-8-18(13-22-19)21(26)29-4)30(27,28)24-11-10-23(3)17(2)14-24/h4-8,11,13,17H,9-10,12,14-15,22H2,1-3H3;5-9,12-13,17H,10-11,14-15H2,1-4H3/t2*17-/m00/s1. The van der Waals surface area contributed by atoms with Crippen LogP contribution >= 0.6 is 0 Å². The lowest BCUT2D eigenvalue weighted by Gasteiger charge is -2.39. The molecular formula is C42H57N9O7S2. The normalized spacial score (nSPS) is 18.3. The van der Waals surface area contributed by atoms with Crippen molar-refractivity contribution in [3.05, 3.63) is 119 Å². The zero-order chi connectivity index (χ0) is 43.8. The van der Waals surface area contributed by atoms with E-state index in [1.54, 1.807) is 36.4 Å². The van der Waals surface area contributed by atoms with E-state index in [0.29, 0.717) is 73.2 Å². The Kier molecular flexibility index (Phi) is 15.5. The molecule has 2 fully saturated rings. The highest BCUT2D eigenvalue weighted by Crippen LogP contribution is 2.27. The Morgan fingerprint density at radius 2 is 1.13 bits per heavy atom. The number of methoxy groups -OCH3 is 1. The number of aromatic nitrogens is 2. The number of rotatable bonds is 13. The van der Waals surface area contributed by atoms with E-state index in [2.05, 4.69) is 19.8 Å². The SMILES string of the molecule is COC(=O)c1ccc(CN(c2cccc(C)c2)S(=O)(=O)N2CCN(C)[C@@H](C)C2)nc1.Cc1cccc(N(Cc2ccc(C(=O)CN)cn2)S(=O)(=O)N2CCN(C)[C@@H](C)C2)c1. The molecule has 2 aromatic carbocycles. The summed E-state index contributed by atoms with van der Waals surface area (Å²) in [6.45, 7) is 11.0. The molecule has 60 heavy (non-hydrogen) atoms.